The van der Waals surface area contributed by atoms with Crippen molar-refractivity contribution in [2.24, 2.45) is 29.2 Å². The molecule has 5 heterocycles. The van der Waals surface area contributed by atoms with Gasteiger partial charge in [0.1, 0.15) is 13.1 Å². The molecule has 0 aromatic heterocycles. The minimum Gasteiger partial charge on any atom is -0.351 e. The molecule has 8 unspecified atom stereocenters. The minimum atomic E-state index is -1.07. The Kier molecular flexibility index (Phi) is 10.8. The van der Waals surface area contributed by atoms with Crippen LogP contribution in [0, 0.1) is 17.8 Å². The molecule has 0 saturated carbocycles. The van der Waals surface area contributed by atoms with Crippen LogP contribution in [0.15, 0.2) is 0 Å². The molecular weight excluding hydrogens is 549 g/mol. The maximum absolute atomic E-state index is 14.7. The van der Waals surface area contributed by atoms with Crippen LogP contribution in [0.25, 0.3) is 0 Å². The number of nitrogens with two attached hydrogens (primary N) is 2. The molecule has 11 nitrogen and oxygen atoms in total. The first-order chi connectivity index (χ1) is 20.6. The molecule has 0 aliphatic carbocycles. The molecule has 7 N–H and O–H groups in total. The van der Waals surface area contributed by atoms with Crippen LogP contribution in [0.3, 0.4) is 0 Å². The second-order valence-corrected chi connectivity index (χ2v) is 14.0. The predicted octanol–water partition coefficient (Wildman–Crippen LogP) is -0.747. The summed E-state index contributed by atoms with van der Waals surface area (Å²) in [7, 11) is 2.00. The fourth-order valence-corrected chi connectivity index (χ4v) is 8.63. The lowest BCUT2D eigenvalue weighted by Crippen LogP contribution is -2.71. The molecular formula is C31H58FN9O2+2. The highest BCUT2D eigenvalue weighted by atomic mass is 19.1. The van der Waals surface area contributed by atoms with Crippen LogP contribution >= 0.6 is 0 Å². The summed E-state index contributed by atoms with van der Waals surface area (Å²) in [6.45, 7) is 12.1. The normalized spacial score (nSPS) is 37.0. The van der Waals surface area contributed by atoms with E-state index in [1.165, 1.54) is 19.5 Å². The Morgan fingerprint density at radius 1 is 1.09 bits per heavy atom. The van der Waals surface area contributed by atoms with E-state index >= 15 is 0 Å². The van der Waals surface area contributed by atoms with Gasteiger partial charge in [0.25, 0.3) is 6.17 Å². The molecule has 5 aliphatic heterocycles. The van der Waals surface area contributed by atoms with Gasteiger partial charge in [0.05, 0.1) is 25.8 Å². The fourth-order valence-electron chi connectivity index (χ4n) is 8.63. The smallest absolute Gasteiger partial charge is 0.294 e. The third-order valence-corrected chi connectivity index (χ3v) is 11.5. The molecule has 0 radical (unpaired) electrons. The first-order valence-corrected chi connectivity index (χ1v) is 17.0. The highest BCUT2D eigenvalue weighted by molar-refractivity contribution is 5.82. The average Bonchev–Trinajstić information content (AvgIpc) is 2.97. The Hall–Kier alpha value is -1.70. The first kappa shape index (κ1) is 32.7. The van der Waals surface area contributed by atoms with E-state index in [2.05, 4.69) is 25.8 Å². The molecule has 0 bridgehead atoms. The number of quaternary nitrogens is 1. The maximum Gasteiger partial charge on any atom is 0.294 e. The Morgan fingerprint density at radius 3 is 2.42 bits per heavy atom. The van der Waals surface area contributed by atoms with Crippen LogP contribution in [0.4, 0.5) is 4.39 Å². The number of alkyl halides is 1. The van der Waals surface area contributed by atoms with Crippen molar-refractivity contribution in [3.05, 3.63) is 0 Å². The van der Waals surface area contributed by atoms with Crippen molar-refractivity contribution in [2.75, 3.05) is 72.5 Å². The zero-order chi connectivity index (χ0) is 30.7. The van der Waals surface area contributed by atoms with E-state index in [9.17, 15) is 14.0 Å². The Morgan fingerprint density at radius 2 is 1.84 bits per heavy atom. The molecule has 0 aromatic rings. The summed E-state index contributed by atoms with van der Waals surface area (Å²) in [5.74, 6) is 0.0794. The van der Waals surface area contributed by atoms with Gasteiger partial charge in [-0.25, -0.2) is 4.39 Å². The zero-order valence-corrected chi connectivity index (χ0v) is 26.7. The summed E-state index contributed by atoms with van der Waals surface area (Å²) < 4.78 is 17.0. The summed E-state index contributed by atoms with van der Waals surface area (Å²) in [6.07, 6.45) is 5.57. The highest BCUT2D eigenvalue weighted by Gasteiger charge is 2.54. The molecule has 4 fully saturated rings. The standard InChI is InChI=1S/C31H57FN9O2/c1-4-38-19-22(32)20-41(3,5-2)30(38)27(28(33)34)29(42)37-26-18-35-12-9-24(26)21-7-8-25(36-17-21)31(43)40-15-10-23(11-16-40)39-13-6-14-39/h19,21-28,30,35-36H,4-18,20,33-34H2,1-3H3/q+1/p+1. The topological polar surface area (TPSA) is 132 Å². The lowest BCUT2D eigenvalue weighted by molar-refractivity contribution is -1.02. The van der Waals surface area contributed by atoms with Gasteiger partial charge < -0.3 is 37.2 Å². The van der Waals surface area contributed by atoms with E-state index in [0.29, 0.717) is 42.6 Å². The molecule has 2 amide bonds. The van der Waals surface area contributed by atoms with Gasteiger partial charge in [-0.05, 0) is 90.4 Å². The molecule has 0 spiro atoms. The van der Waals surface area contributed by atoms with Crippen molar-refractivity contribution in [2.45, 2.75) is 89.0 Å². The number of rotatable bonds is 9. The summed E-state index contributed by atoms with van der Waals surface area (Å²) in [5.41, 5.74) is 12.6. The number of hydrogen-bond donors (Lipinski definition) is 5. The van der Waals surface area contributed by atoms with Gasteiger partial charge in [0.15, 0.2) is 12.1 Å². The second kappa shape index (κ2) is 14.2. The van der Waals surface area contributed by atoms with E-state index in [4.69, 9.17) is 11.5 Å². The Balaban J connectivity index is 1.19. The van der Waals surface area contributed by atoms with Crippen LogP contribution < -0.4 is 27.4 Å². The van der Waals surface area contributed by atoms with Crippen LogP contribution in [-0.4, -0.2) is 146 Å². The highest BCUT2D eigenvalue weighted by Crippen LogP contribution is 2.31. The number of amides is 2. The number of likely N-dealkylation sites (tertiary alicyclic amines) is 2. The van der Waals surface area contributed by atoms with Gasteiger partial charge >= 0.3 is 0 Å². The van der Waals surface area contributed by atoms with Gasteiger partial charge in [0, 0.05) is 31.7 Å². The minimum absolute atomic E-state index is 0.0564. The summed E-state index contributed by atoms with van der Waals surface area (Å²) in [6, 6.07) is 0.482. The maximum atomic E-state index is 14.7. The number of nitrogens with zero attached hydrogens (tertiary/aromatic N) is 4. The van der Waals surface area contributed by atoms with E-state index in [0.717, 1.165) is 58.3 Å². The lowest BCUT2D eigenvalue weighted by atomic mass is 9.76. The van der Waals surface area contributed by atoms with Crippen molar-refractivity contribution < 1.29 is 23.0 Å². The Labute approximate surface area is 257 Å². The molecule has 5 rings (SSSR count). The van der Waals surface area contributed by atoms with Gasteiger partial charge in [-0.1, -0.05) is 0 Å². The fraction of sp³-hybridized carbons (Fsp3) is 0.903. The summed E-state index contributed by atoms with van der Waals surface area (Å²) >= 11 is 0. The van der Waals surface area contributed by atoms with E-state index in [1.807, 2.05) is 25.5 Å². The SMILES string of the molecule is CC[N+]1=CC(F)C[N+](C)(CC)C1C(C(=O)NC1CNCCC1C1CCC(C(=O)N2CCC(N3CCC3)CC2)NC1)C(N)N. The van der Waals surface area contributed by atoms with Gasteiger partial charge in [-0.3, -0.25) is 14.1 Å². The van der Waals surface area contributed by atoms with Crippen molar-refractivity contribution >= 4 is 18.0 Å². The third-order valence-electron chi connectivity index (χ3n) is 11.5. The number of halogens is 1. The third kappa shape index (κ3) is 7.09. The molecule has 8 atom stereocenters. The van der Waals surface area contributed by atoms with Crippen LogP contribution in [0.5, 0.6) is 0 Å². The largest absolute Gasteiger partial charge is 0.351 e. The van der Waals surface area contributed by atoms with E-state index in [-0.39, 0.29) is 36.0 Å². The van der Waals surface area contributed by atoms with Crippen molar-refractivity contribution in [1.82, 2.24) is 25.8 Å². The molecule has 244 valence electrons. The summed E-state index contributed by atoms with van der Waals surface area (Å²) in [4.78, 5) is 32.0. The van der Waals surface area contributed by atoms with Crippen LogP contribution in [0.2, 0.25) is 0 Å². The molecule has 0 aromatic carbocycles. The molecule has 4 saturated heterocycles. The first-order valence-electron chi connectivity index (χ1n) is 17.0. The van der Waals surface area contributed by atoms with Gasteiger partial charge in [-0.15, -0.1) is 0 Å². The van der Waals surface area contributed by atoms with Gasteiger partial charge in [0.2, 0.25) is 18.0 Å². The quantitative estimate of drug-likeness (QED) is 0.133. The molecule has 43 heavy (non-hydrogen) atoms. The van der Waals surface area contributed by atoms with Crippen LogP contribution in [0.1, 0.15) is 52.4 Å². The number of piperidine rings is 3. The monoisotopic (exact) mass is 607 g/mol. The number of hydrogen-bond acceptors (Lipinski definition) is 7. The lowest BCUT2D eigenvalue weighted by Gasteiger charge is -2.45. The number of nitrogens with one attached hydrogen (secondary N) is 3. The van der Waals surface area contributed by atoms with Crippen molar-refractivity contribution in [3.8, 4) is 0 Å². The Bertz CT molecular complexity index is 994. The van der Waals surface area contributed by atoms with E-state index < -0.39 is 18.3 Å². The predicted molar refractivity (Wildman–Crippen MR) is 166 cm³/mol. The van der Waals surface area contributed by atoms with E-state index in [1.54, 1.807) is 6.21 Å². The zero-order valence-electron chi connectivity index (χ0n) is 26.7. The van der Waals surface area contributed by atoms with Gasteiger partial charge in [-0.2, -0.15) is 4.58 Å². The van der Waals surface area contributed by atoms with Crippen molar-refractivity contribution in [1.29, 1.82) is 0 Å². The van der Waals surface area contributed by atoms with Crippen LogP contribution in [-0.2, 0) is 9.59 Å². The molecule has 5 aliphatic rings. The number of carbonyl (C=O) groups is 2. The summed E-state index contributed by atoms with van der Waals surface area (Å²) in [5, 5.41) is 10.4. The average molecular weight is 608 g/mol. The second-order valence-electron chi connectivity index (χ2n) is 14.0. The van der Waals surface area contributed by atoms with Crippen molar-refractivity contribution in [3.63, 3.8) is 0 Å². The number of carbonyl (C=O) groups excluding carboxylic acids is 2. The molecule has 12 heteroatoms.